The summed E-state index contributed by atoms with van der Waals surface area (Å²) in [7, 11) is 5.92. The fourth-order valence-electron chi connectivity index (χ4n) is 6.90. The predicted octanol–water partition coefficient (Wildman–Crippen LogP) is 8.47. The molecule has 2 amide bonds. The number of fused-ring (bicyclic) bond motifs is 2. The molecule has 50 heavy (non-hydrogen) atoms. The summed E-state index contributed by atoms with van der Waals surface area (Å²) in [5.74, 6) is 1.70. The summed E-state index contributed by atoms with van der Waals surface area (Å²) in [6, 6.07) is 14.3. The van der Waals surface area contributed by atoms with Crippen LogP contribution in [0.15, 0.2) is 72.8 Å². The van der Waals surface area contributed by atoms with E-state index in [1.165, 1.54) is 52.7 Å². The molecule has 13 heteroatoms. The van der Waals surface area contributed by atoms with Gasteiger partial charge in [0.2, 0.25) is 0 Å². The summed E-state index contributed by atoms with van der Waals surface area (Å²) in [6.07, 6.45) is -8.32. The molecule has 7 nitrogen and oxygen atoms in total. The molecule has 6 rings (SSSR count). The molecule has 2 atom stereocenters. The van der Waals surface area contributed by atoms with Gasteiger partial charge in [0.15, 0.2) is 23.0 Å². The van der Waals surface area contributed by atoms with Crippen LogP contribution < -0.4 is 18.9 Å². The second-order valence-electron chi connectivity index (χ2n) is 12.0. The second kappa shape index (κ2) is 13.3. The van der Waals surface area contributed by atoms with E-state index in [9.17, 15) is 31.1 Å². The molecular formula is C37H34F6N2O5. The van der Waals surface area contributed by atoms with Crippen LogP contribution in [0.2, 0.25) is 0 Å². The highest BCUT2D eigenvalue weighted by Gasteiger charge is 2.41. The molecular weight excluding hydrogens is 666 g/mol. The van der Waals surface area contributed by atoms with Gasteiger partial charge in [-0.3, -0.25) is 0 Å². The van der Waals surface area contributed by atoms with E-state index in [1.807, 2.05) is 0 Å². The minimum absolute atomic E-state index is 0.196. The third-order valence-electron chi connectivity index (χ3n) is 9.35. The lowest BCUT2D eigenvalue weighted by molar-refractivity contribution is -0.138. The van der Waals surface area contributed by atoms with Gasteiger partial charge in [-0.2, -0.15) is 26.3 Å². The van der Waals surface area contributed by atoms with Gasteiger partial charge in [0.05, 0.1) is 51.6 Å². The van der Waals surface area contributed by atoms with Crippen molar-refractivity contribution in [3.05, 3.63) is 117 Å². The van der Waals surface area contributed by atoms with E-state index in [4.69, 9.17) is 18.9 Å². The lowest BCUT2D eigenvalue weighted by Gasteiger charge is -2.45. The third kappa shape index (κ3) is 6.36. The maximum absolute atomic E-state index is 14.9. The first kappa shape index (κ1) is 34.8. The first-order valence-electron chi connectivity index (χ1n) is 15.7. The number of methoxy groups -OCH3 is 4. The first-order valence-corrected chi connectivity index (χ1v) is 15.7. The molecule has 0 N–H and O–H groups in total. The maximum Gasteiger partial charge on any atom is 0.416 e. The van der Waals surface area contributed by atoms with Crippen molar-refractivity contribution in [1.82, 2.24) is 9.80 Å². The molecule has 0 saturated heterocycles. The lowest BCUT2D eigenvalue weighted by Crippen LogP contribution is -2.51. The van der Waals surface area contributed by atoms with E-state index in [-0.39, 0.29) is 13.1 Å². The molecule has 2 aliphatic heterocycles. The van der Waals surface area contributed by atoms with Gasteiger partial charge in [0.25, 0.3) is 0 Å². The summed E-state index contributed by atoms with van der Waals surface area (Å²) in [6.45, 7) is 0.393. The summed E-state index contributed by atoms with van der Waals surface area (Å²) in [4.78, 5) is 18.1. The smallest absolute Gasteiger partial charge is 0.416 e. The number of urea groups is 1. The van der Waals surface area contributed by atoms with Crippen molar-refractivity contribution < 1.29 is 50.1 Å². The largest absolute Gasteiger partial charge is 0.493 e. The van der Waals surface area contributed by atoms with E-state index < -0.39 is 41.6 Å². The number of nitrogens with zero attached hydrogens (tertiary/aromatic N) is 2. The Kier molecular flexibility index (Phi) is 9.27. The molecule has 4 aromatic rings. The fourth-order valence-corrected chi connectivity index (χ4v) is 6.90. The van der Waals surface area contributed by atoms with E-state index in [0.717, 1.165) is 35.4 Å². The molecule has 0 aliphatic carbocycles. The molecule has 264 valence electrons. The molecule has 0 bridgehead atoms. The van der Waals surface area contributed by atoms with Crippen molar-refractivity contribution in [3.63, 3.8) is 0 Å². The topological polar surface area (TPSA) is 60.5 Å². The summed E-state index contributed by atoms with van der Waals surface area (Å²) < 4.78 is 104. The van der Waals surface area contributed by atoms with Gasteiger partial charge >= 0.3 is 18.4 Å². The van der Waals surface area contributed by atoms with Gasteiger partial charge in [0, 0.05) is 13.1 Å². The Morgan fingerprint density at radius 2 is 0.880 bits per heavy atom. The van der Waals surface area contributed by atoms with Gasteiger partial charge in [0.1, 0.15) is 0 Å². The normalized spacial score (nSPS) is 17.5. The van der Waals surface area contributed by atoms with E-state index >= 15 is 0 Å². The Hall–Kier alpha value is -5.07. The zero-order valence-electron chi connectivity index (χ0n) is 27.6. The molecule has 2 aliphatic rings. The van der Waals surface area contributed by atoms with Crippen LogP contribution in [0, 0.1) is 0 Å². The SMILES string of the molecule is COc1cc2c(cc1OC)[C@@H](c1ccc(C(F)(F)F)cc1)N(C(=O)N1CCc3cc(OC)c(OC)cc3[C@@H]1c1ccc(C(F)(F)F)cc1)CC2. The van der Waals surface area contributed by atoms with E-state index in [1.54, 1.807) is 34.1 Å². The Labute approximate surface area is 284 Å². The third-order valence-corrected chi connectivity index (χ3v) is 9.35. The summed E-state index contributed by atoms with van der Waals surface area (Å²) in [5.41, 5.74) is 2.18. The highest BCUT2D eigenvalue weighted by Crippen LogP contribution is 2.46. The predicted molar refractivity (Wildman–Crippen MR) is 172 cm³/mol. The number of amides is 2. The van der Waals surface area contributed by atoms with Crippen molar-refractivity contribution in [1.29, 1.82) is 0 Å². The average Bonchev–Trinajstić information content (AvgIpc) is 3.11. The van der Waals surface area contributed by atoms with Gasteiger partial charge in [-0.05, 0) is 94.8 Å². The average molecular weight is 701 g/mol. The number of carbonyl (C=O) groups excluding carboxylic acids is 1. The zero-order valence-corrected chi connectivity index (χ0v) is 27.6. The van der Waals surface area contributed by atoms with Crippen LogP contribution in [-0.2, 0) is 25.2 Å². The van der Waals surface area contributed by atoms with Crippen LogP contribution in [-0.4, -0.2) is 57.4 Å². The van der Waals surface area contributed by atoms with Crippen LogP contribution in [0.1, 0.15) is 56.6 Å². The Morgan fingerprint density at radius 1 is 0.560 bits per heavy atom. The number of carbonyl (C=O) groups is 1. The van der Waals surface area contributed by atoms with Crippen LogP contribution in [0.3, 0.4) is 0 Å². The molecule has 4 aromatic carbocycles. The van der Waals surface area contributed by atoms with Gasteiger partial charge in [-0.15, -0.1) is 0 Å². The molecule has 0 unspecified atom stereocenters. The Balaban J connectivity index is 1.49. The quantitative estimate of drug-likeness (QED) is 0.189. The fraction of sp³-hybridized carbons (Fsp3) is 0.324. The lowest BCUT2D eigenvalue weighted by atomic mass is 9.86. The number of rotatable bonds is 6. The van der Waals surface area contributed by atoms with Gasteiger partial charge < -0.3 is 28.7 Å². The van der Waals surface area contributed by atoms with Crippen molar-refractivity contribution in [3.8, 4) is 23.0 Å². The van der Waals surface area contributed by atoms with Crippen LogP contribution >= 0.6 is 0 Å². The standard InChI is InChI=1S/C37H34F6N2O5/c1-47-29-17-23-13-15-44(33(27(23)19-31(29)49-3)21-5-9-25(10-6-21)36(38,39)40)35(46)45-16-14-24-18-30(48-2)32(50-4)20-28(24)34(45)22-7-11-26(12-8-22)37(41,42)43/h5-12,17-20,33-34H,13-16H2,1-4H3/t33-,34+. The number of benzene rings is 4. The minimum Gasteiger partial charge on any atom is -0.493 e. The van der Waals surface area contributed by atoms with E-state index in [2.05, 4.69) is 0 Å². The summed E-state index contributed by atoms with van der Waals surface area (Å²) in [5, 5.41) is 0. The highest BCUT2D eigenvalue weighted by atomic mass is 19.4. The monoisotopic (exact) mass is 700 g/mol. The van der Waals surface area contributed by atoms with E-state index in [0.29, 0.717) is 58.1 Å². The van der Waals surface area contributed by atoms with Gasteiger partial charge in [-0.25, -0.2) is 4.79 Å². The van der Waals surface area contributed by atoms with Crippen LogP contribution in [0.25, 0.3) is 0 Å². The Morgan fingerprint density at radius 3 is 1.18 bits per heavy atom. The van der Waals surface area contributed by atoms with Gasteiger partial charge in [-0.1, -0.05) is 24.3 Å². The molecule has 0 saturated carbocycles. The summed E-state index contributed by atoms with van der Waals surface area (Å²) >= 11 is 0. The number of alkyl halides is 6. The molecule has 0 radical (unpaired) electrons. The van der Waals surface area contributed by atoms with Crippen molar-refractivity contribution in [2.45, 2.75) is 37.3 Å². The van der Waals surface area contributed by atoms with Crippen LogP contribution in [0.4, 0.5) is 31.1 Å². The number of halogens is 6. The molecule has 0 spiro atoms. The number of hydrogen-bond donors (Lipinski definition) is 0. The first-order chi connectivity index (χ1) is 23.8. The van der Waals surface area contributed by atoms with Crippen molar-refractivity contribution in [2.24, 2.45) is 0 Å². The molecule has 0 fully saturated rings. The maximum atomic E-state index is 14.9. The van der Waals surface area contributed by atoms with Crippen molar-refractivity contribution in [2.75, 3.05) is 41.5 Å². The second-order valence-corrected chi connectivity index (χ2v) is 12.0. The van der Waals surface area contributed by atoms with Crippen molar-refractivity contribution >= 4 is 6.03 Å². The number of hydrogen-bond acceptors (Lipinski definition) is 5. The highest BCUT2D eigenvalue weighted by molar-refractivity contribution is 5.78. The Bertz CT molecular complexity index is 1740. The molecule has 0 aromatic heterocycles. The molecule has 2 heterocycles. The minimum atomic E-state index is -4.56. The number of ether oxygens (including phenoxy) is 4. The van der Waals surface area contributed by atoms with Crippen LogP contribution in [0.5, 0.6) is 23.0 Å². The zero-order chi connectivity index (χ0) is 36.0.